The van der Waals surface area contributed by atoms with Crippen LogP contribution in [-0.2, 0) is 48.1 Å². The molecule has 6 rings (SSSR count). The lowest BCUT2D eigenvalue weighted by atomic mass is 9.88. The molecule has 0 radical (unpaired) electrons. The van der Waals surface area contributed by atoms with Crippen molar-refractivity contribution in [1.82, 2.24) is 5.32 Å². The van der Waals surface area contributed by atoms with Crippen LogP contribution in [0.2, 0.25) is 0 Å². The van der Waals surface area contributed by atoms with Gasteiger partial charge in [0.05, 0.1) is 0 Å². The number of carboxylic acid groups (broad SMARTS) is 1. The van der Waals surface area contributed by atoms with E-state index in [1.807, 2.05) is 13.8 Å². The van der Waals surface area contributed by atoms with Crippen LogP contribution in [0.4, 0.5) is 0 Å². The van der Waals surface area contributed by atoms with E-state index in [0.29, 0.717) is 6.42 Å². The summed E-state index contributed by atoms with van der Waals surface area (Å²) in [6.45, 7) is 23.8. The number of carbonyl (C=O) groups excluding carboxylic acids is 1. The van der Waals surface area contributed by atoms with Gasteiger partial charge in [0.25, 0.3) is 0 Å². The maximum atomic E-state index is 10.3. The minimum absolute atomic E-state index is 0. The average Bonchev–Trinajstić information content (AvgIpc) is 3.11. The molecule has 0 fully saturated rings. The van der Waals surface area contributed by atoms with Gasteiger partial charge in [-0.15, -0.1) is 0 Å². The van der Waals surface area contributed by atoms with Crippen LogP contribution in [0.5, 0.6) is 0 Å². The number of carbonyl (C=O) groups is 2. The summed E-state index contributed by atoms with van der Waals surface area (Å²) in [6.07, 6.45) is 8.99. The van der Waals surface area contributed by atoms with E-state index in [0.717, 1.165) is 45.1 Å². The van der Waals surface area contributed by atoms with Crippen molar-refractivity contribution < 1.29 is 14.7 Å². The standard InChI is InChI=1S/3C12H14.C5H11NO.C3H6O2.C3H8.CH4/c3*1-9-7-11-5-3-4-6-12(11)8-10(9)2;1-3-5(7)6-4-2;1-2-3(4)5;1-3-2;/h3*3-6H,7-8H2,1-2H3;3-4H2,1-2H3,(H,6,7);2H2,1H3,(H,4,5);3H2,1-2H3;1H4. The first-order valence-electron chi connectivity index (χ1n) is 19.0. The average molecular weight is 710 g/mol. The zero-order valence-electron chi connectivity index (χ0n) is 33.8. The Labute approximate surface area is 318 Å². The number of aliphatic carboxylic acids is 1. The Morgan fingerprint density at radius 1 is 0.481 bits per heavy atom. The number of fused-ring (bicyclic) bond motifs is 3. The van der Waals surface area contributed by atoms with Crippen LogP contribution in [0.25, 0.3) is 0 Å². The fourth-order valence-corrected chi connectivity index (χ4v) is 5.65. The minimum atomic E-state index is -0.745. The van der Waals surface area contributed by atoms with Gasteiger partial charge in [0.15, 0.2) is 0 Å². The predicted octanol–water partition coefficient (Wildman–Crippen LogP) is 12.4. The van der Waals surface area contributed by atoms with Crippen molar-refractivity contribution in [3.05, 3.63) is 140 Å². The number of rotatable bonds is 3. The van der Waals surface area contributed by atoms with E-state index in [2.05, 4.69) is 134 Å². The Bertz CT molecular complexity index is 1360. The molecule has 0 saturated heterocycles. The van der Waals surface area contributed by atoms with Crippen LogP contribution >= 0.6 is 0 Å². The predicted molar refractivity (Wildman–Crippen MR) is 226 cm³/mol. The van der Waals surface area contributed by atoms with E-state index < -0.39 is 5.97 Å². The van der Waals surface area contributed by atoms with E-state index in [4.69, 9.17) is 5.11 Å². The van der Waals surface area contributed by atoms with Crippen molar-refractivity contribution in [1.29, 1.82) is 0 Å². The third kappa shape index (κ3) is 17.8. The van der Waals surface area contributed by atoms with Gasteiger partial charge >= 0.3 is 5.97 Å². The summed E-state index contributed by atoms with van der Waals surface area (Å²) in [5, 5.41) is 10.4. The van der Waals surface area contributed by atoms with Crippen LogP contribution in [0.15, 0.2) is 106 Å². The summed E-state index contributed by atoms with van der Waals surface area (Å²) >= 11 is 0. The molecule has 0 spiro atoms. The highest BCUT2D eigenvalue weighted by atomic mass is 16.4. The summed E-state index contributed by atoms with van der Waals surface area (Å²) in [5.74, 6) is -0.618. The molecule has 3 aliphatic carbocycles. The molecular weight excluding hydrogens is 639 g/mol. The number of hydrogen-bond donors (Lipinski definition) is 2. The molecule has 4 nitrogen and oxygen atoms in total. The fraction of sp³-hybridized carbons (Fsp3) is 0.458. The Hall–Kier alpha value is -4.18. The third-order valence-corrected chi connectivity index (χ3v) is 9.27. The van der Waals surface area contributed by atoms with Crippen molar-refractivity contribution in [3.8, 4) is 0 Å². The molecule has 0 aromatic heterocycles. The molecule has 0 atom stereocenters. The SMILES string of the molecule is C.CC1=C(C)Cc2ccccc2C1.CC1=C(C)Cc2ccccc2C1.CC1=C(C)Cc2ccccc2C1.CCC.CCC(=O)O.CCNC(=O)CC. The molecule has 0 bridgehead atoms. The first-order valence-corrected chi connectivity index (χ1v) is 19.0. The van der Waals surface area contributed by atoms with Gasteiger partial charge in [-0.25, -0.2) is 0 Å². The molecule has 0 unspecified atom stereocenters. The van der Waals surface area contributed by atoms with Crippen LogP contribution in [0.1, 0.15) is 136 Å². The fourth-order valence-electron chi connectivity index (χ4n) is 5.65. The Morgan fingerprint density at radius 2 is 0.673 bits per heavy atom. The van der Waals surface area contributed by atoms with E-state index in [1.165, 1.54) is 39.8 Å². The van der Waals surface area contributed by atoms with E-state index >= 15 is 0 Å². The molecule has 3 aromatic carbocycles. The summed E-state index contributed by atoms with van der Waals surface area (Å²) in [6, 6.07) is 26.2. The maximum Gasteiger partial charge on any atom is 0.303 e. The van der Waals surface area contributed by atoms with Crippen molar-refractivity contribution in [3.63, 3.8) is 0 Å². The Morgan fingerprint density at radius 3 is 0.788 bits per heavy atom. The van der Waals surface area contributed by atoms with Gasteiger partial charge in [-0.3, -0.25) is 9.59 Å². The molecule has 1 amide bonds. The molecule has 286 valence electrons. The lowest BCUT2D eigenvalue weighted by molar-refractivity contribution is -0.136. The second-order valence-electron chi connectivity index (χ2n) is 13.8. The summed E-state index contributed by atoms with van der Waals surface area (Å²) < 4.78 is 0. The molecule has 4 heteroatoms. The van der Waals surface area contributed by atoms with E-state index in [9.17, 15) is 9.59 Å². The summed E-state index contributed by atoms with van der Waals surface area (Å²) in [4.78, 5) is 19.7. The second kappa shape index (κ2) is 26.6. The van der Waals surface area contributed by atoms with Crippen LogP contribution in [0.3, 0.4) is 0 Å². The van der Waals surface area contributed by atoms with E-state index in [-0.39, 0.29) is 19.8 Å². The van der Waals surface area contributed by atoms with Crippen LogP contribution in [-0.4, -0.2) is 23.5 Å². The second-order valence-corrected chi connectivity index (χ2v) is 13.8. The zero-order valence-corrected chi connectivity index (χ0v) is 33.8. The Kier molecular flexibility index (Phi) is 24.4. The quantitative estimate of drug-likeness (QED) is 0.266. The smallest absolute Gasteiger partial charge is 0.303 e. The molecule has 2 N–H and O–H groups in total. The third-order valence-electron chi connectivity index (χ3n) is 9.27. The monoisotopic (exact) mass is 710 g/mol. The van der Waals surface area contributed by atoms with Crippen LogP contribution in [0, 0.1) is 0 Å². The van der Waals surface area contributed by atoms with Gasteiger partial charge in [0, 0.05) is 19.4 Å². The first kappa shape index (κ1) is 47.8. The van der Waals surface area contributed by atoms with Gasteiger partial charge in [0.2, 0.25) is 5.91 Å². The number of allylic oxidation sites excluding steroid dienone is 6. The lowest BCUT2D eigenvalue weighted by Gasteiger charge is -2.18. The number of amides is 1. The highest BCUT2D eigenvalue weighted by Gasteiger charge is 2.12. The van der Waals surface area contributed by atoms with Crippen molar-refractivity contribution in [2.24, 2.45) is 0 Å². The highest BCUT2D eigenvalue weighted by molar-refractivity contribution is 5.75. The number of benzene rings is 3. The van der Waals surface area contributed by atoms with Crippen molar-refractivity contribution >= 4 is 11.9 Å². The maximum absolute atomic E-state index is 10.3. The highest BCUT2D eigenvalue weighted by Crippen LogP contribution is 2.27. The molecular formula is C48H71NO3. The molecule has 0 aliphatic heterocycles. The molecule has 3 aliphatic rings. The number of carboxylic acids is 1. The zero-order chi connectivity index (χ0) is 38.3. The van der Waals surface area contributed by atoms with Gasteiger partial charge in [0.1, 0.15) is 0 Å². The lowest BCUT2D eigenvalue weighted by Crippen LogP contribution is -2.20. The van der Waals surface area contributed by atoms with E-state index in [1.54, 1.807) is 40.4 Å². The Balaban J connectivity index is 0.000000629. The van der Waals surface area contributed by atoms with Crippen molar-refractivity contribution in [2.45, 2.75) is 141 Å². The minimum Gasteiger partial charge on any atom is -0.481 e. The van der Waals surface area contributed by atoms with Crippen molar-refractivity contribution in [2.75, 3.05) is 6.54 Å². The van der Waals surface area contributed by atoms with Gasteiger partial charge < -0.3 is 10.4 Å². The molecule has 0 saturated carbocycles. The normalized spacial score (nSPS) is 13.4. The summed E-state index contributed by atoms with van der Waals surface area (Å²) in [5.41, 5.74) is 18.4. The summed E-state index contributed by atoms with van der Waals surface area (Å²) in [7, 11) is 0. The topological polar surface area (TPSA) is 66.4 Å². The molecule has 52 heavy (non-hydrogen) atoms. The molecule has 0 heterocycles. The molecule has 3 aromatic rings. The van der Waals surface area contributed by atoms with Crippen LogP contribution < -0.4 is 5.32 Å². The van der Waals surface area contributed by atoms with Gasteiger partial charge in [-0.2, -0.15) is 0 Å². The number of nitrogens with one attached hydrogen (secondary N) is 1. The van der Waals surface area contributed by atoms with Gasteiger partial charge in [-0.05, 0) is 120 Å². The number of hydrogen-bond acceptors (Lipinski definition) is 2. The first-order chi connectivity index (χ1) is 24.3. The largest absolute Gasteiger partial charge is 0.481 e. The van der Waals surface area contributed by atoms with Gasteiger partial charge in [-0.1, -0.05) is 148 Å².